The SMILES string of the molecule is CC1(C)C(C=O)C1(Cl)C(=O)O. The Bertz CT molecular complexity index is 224. The molecular formula is C7H9ClO3. The molecule has 0 aliphatic heterocycles. The van der Waals surface area contributed by atoms with E-state index in [1.54, 1.807) is 13.8 Å². The lowest BCUT2D eigenvalue weighted by molar-refractivity contribution is -0.138. The zero-order valence-electron chi connectivity index (χ0n) is 6.30. The molecule has 11 heavy (non-hydrogen) atoms. The Balaban J connectivity index is 2.95. The van der Waals surface area contributed by atoms with Crippen molar-refractivity contribution in [2.45, 2.75) is 18.7 Å². The topological polar surface area (TPSA) is 54.4 Å². The quantitative estimate of drug-likeness (QED) is 0.503. The van der Waals surface area contributed by atoms with Gasteiger partial charge in [0.2, 0.25) is 0 Å². The monoisotopic (exact) mass is 176 g/mol. The lowest BCUT2D eigenvalue weighted by Crippen LogP contribution is -2.21. The number of aliphatic carboxylic acids is 1. The summed E-state index contributed by atoms with van der Waals surface area (Å²) >= 11 is 5.71. The number of hydrogen-bond acceptors (Lipinski definition) is 2. The van der Waals surface area contributed by atoms with Crippen LogP contribution in [-0.4, -0.2) is 22.2 Å². The normalized spacial score (nSPS) is 39.7. The largest absolute Gasteiger partial charge is 0.480 e. The van der Waals surface area contributed by atoms with Crippen molar-refractivity contribution in [1.82, 2.24) is 0 Å². The van der Waals surface area contributed by atoms with Crippen molar-refractivity contribution in [3.8, 4) is 0 Å². The highest BCUT2D eigenvalue weighted by Crippen LogP contribution is 2.65. The Morgan fingerprint density at radius 2 is 2.09 bits per heavy atom. The first kappa shape index (κ1) is 8.53. The summed E-state index contributed by atoms with van der Waals surface area (Å²) in [5, 5.41) is 8.66. The Hall–Kier alpha value is -0.570. The summed E-state index contributed by atoms with van der Waals surface area (Å²) in [7, 11) is 0. The highest BCUT2D eigenvalue weighted by atomic mass is 35.5. The third-order valence-corrected chi connectivity index (χ3v) is 3.39. The Morgan fingerprint density at radius 3 is 2.18 bits per heavy atom. The van der Waals surface area contributed by atoms with Gasteiger partial charge in [0.25, 0.3) is 0 Å². The summed E-state index contributed by atoms with van der Waals surface area (Å²) in [6.45, 7) is 3.35. The molecule has 1 aliphatic rings. The van der Waals surface area contributed by atoms with Crippen LogP contribution in [0.25, 0.3) is 0 Å². The van der Waals surface area contributed by atoms with E-state index in [4.69, 9.17) is 16.7 Å². The molecule has 0 radical (unpaired) electrons. The van der Waals surface area contributed by atoms with Gasteiger partial charge in [-0.3, -0.25) is 4.79 Å². The van der Waals surface area contributed by atoms with Crippen LogP contribution in [0.5, 0.6) is 0 Å². The molecule has 1 fully saturated rings. The minimum absolute atomic E-state index is 0.561. The van der Waals surface area contributed by atoms with Crippen LogP contribution in [0.4, 0.5) is 0 Å². The van der Waals surface area contributed by atoms with Crippen molar-refractivity contribution in [3.05, 3.63) is 0 Å². The van der Waals surface area contributed by atoms with E-state index in [0.717, 1.165) is 0 Å². The van der Waals surface area contributed by atoms with Gasteiger partial charge in [0.15, 0.2) is 4.87 Å². The van der Waals surface area contributed by atoms with Gasteiger partial charge in [-0.25, -0.2) is 0 Å². The molecule has 62 valence electrons. The number of carboxylic acid groups (broad SMARTS) is 1. The molecule has 0 heterocycles. The maximum Gasteiger partial charge on any atom is 0.326 e. The molecule has 1 saturated carbocycles. The first-order chi connectivity index (χ1) is 4.89. The first-order valence-electron chi connectivity index (χ1n) is 3.26. The molecule has 2 atom stereocenters. The van der Waals surface area contributed by atoms with Crippen molar-refractivity contribution in [3.63, 3.8) is 0 Å². The van der Waals surface area contributed by atoms with Crippen molar-refractivity contribution in [2.75, 3.05) is 0 Å². The number of carboxylic acids is 1. The maximum absolute atomic E-state index is 10.6. The molecule has 1 aliphatic carbocycles. The van der Waals surface area contributed by atoms with E-state index in [2.05, 4.69) is 0 Å². The van der Waals surface area contributed by atoms with Crippen LogP contribution in [0.2, 0.25) is 0 Å². The van der Waals surface area contributed by atoms with Gasteiger partial charge < -0.3 is 9.90 Å². The lowest BCUT2D eigenvalue weighted by Gasteiger charge is -2.03. The molecule has 0 amide bonds. The Labute approximate surface area is 69.3 Å². The molecule has 3 nitrogen and oxygen atoms in total. The van der Waals surface area contributed by atoms with Crippen molar-refractivity contribution in [2.24, 2.45) is 11.3 Å². The molecule has 0 aromatic heterocycles. The van der Waals surface area contributed by atoms with E-state index >= 15 is 0 Å². The summed E-state index contributed by atoms with van der Waals surface area (Å²) in [5.41, 5.74) is -0.609. The van der Waals surface area contributed by atoms with Gasteiger partial charge in [0.05, 0.1) is 5.92 Å². The fourth-order valence-electron chi connectivity index (χ4n) is 1.42. The summed E-state index contributed by atoms with van der Waals surface area (Å²) in [6, 6.07) is 0. The van der Waals surface area contributed by atoms with Crippen LogP contribution in [0, 0.1) is 11.3 Å². The third kappa shape index (κ3) is 0.745. The molecule has 1 N–H and O–H groups in total. The van der Waals surface area contributed by atoms with Gasteiger partial charge in [-0.15, -0.1) is 11.6 Å². The van der Waals surface area contributed by atoms with Crippen LogP contribution in [0.3, 0.4) is 0 Å². The van der Waals surface area contributed by atoms with E-state index in [-0.39, 0.29) is 0 Å². The van der Waals surface area contributed by atoms with Crippen LogP contribution >= 0.6 is 11.6 Å². The minimum Gasteiger partial charge on any atom is -0.480 e. The summed E-state index contributed by atoms with van der Waals surface area (Å²) in [5.74, 6) is -1.67. The van der Waals surface area contributed by atoms with Crippen molar-refractivity contribution in [1.29, 1.82) is 0 Å². The second-order valence-corrected chi connectivity index (χ2v) is 3.95. The van der Waals surface area contributed by atoms with E-state index in [1.165, 1.54) is 0 Å². The predicted octanol–water partition coefficient (Wildman–Crippen LogP) is 0.903. The minimum atomic E-state index is -1.37. The number of halogens is 1. The van der Waals surface area contributed by atoms with E-state index in [9.17, 15) is 9.59 Å². The molecule has 0 aromatic rings. The van der Waals surface area contributed by atoms with E-state index in [0.29, 0.717) is 6.29 Å². The second-order valence-electron chi connectivity index (χ2n) is 3.35. The van der Waals surface area contributed by atoms with Crippen LogP contribution < -0.4 is 0 Å². The second kappa shape index (κ2) is 1.97. The number of carbonyl (C=O) groups excluding carboxylic acids is 1. The number of hydrogen-bond donors (Lipinski definition) is 1. The van der Waals surface area contributed by atoms with Gasteiger partial charge >= 0.3 is 5.97 Å². The number of carbonyl (C=O) groups is 2. The zero-order chi connectivity index (χ0) is 8.86. The molecule has 0 bridgehead atoms. The fraction of sp³-hybridized carbons (Fsp3) is 0.714. The third-order valence-electron chi connectivity index (χ3n) is 2.51. The maximum atomic E-state index is 10.6. The standard InChI is InChI=1S/C7H9ClO3/c1-6(2)4(3-9)7(6,8)5(10)11/h3-4H,1-2H3,(H,10,11). The molecule has 1 rings (SSSR count). The number of alkyl halides is 1. The number of rotatable bonds is 2. The lowest BCUT2D eigenvalue weighted by atomic mass is 10.1. The van der Waals surface area contributed by atoms with Gasteiger partial charge in [0, 0.05) is 5.41 Å². The van der Waals surface area contributed by atoms with Crippen LogP contribution in [0.15, 0.2) is 0 Å². The molecule has 0 aromatic carbocycles. The summed E-state index contributed by atoms with van der Waals surface area (Å²) < 4.78 is 0. The van der Waals surface area contributed by atoms with Gasteiger partial charge in [-0.05, 0) is 0 Å². The highest BCUT2D eigenvalue weighted by Gasteiger charge is 2.75. The van der Waals surface area contributed by atoms with E-state index in [1.807, 2.05) is 0 Å². The zero-order valence-corrected chi connectivity index (χ0v) is 7.05. The first-order valence-corrected chi connectivity index (χ1v) is 3.64. The average Bonchev–Trinajstić information content (AvgIpc) is 2.29. The van der Waals surface area contributed by atoms with Gasteiger partial charge in [-0.1, -0.05) is 13.8 Å². The molecule has 0 saturated heterocycles. The smallest absolute Gasteiger partial charge is 0.326 e. The van der Waals surface area contributed by atoms with Gasteiger partial charge in [0.1, 0.15) is 6.29 Å². The highest BCUT2D eigenvalue weighted by molar-refractivity contribution is 6.39. The summed E-state index contributed by atoms with van der Waals surface area (Å²) in [6.07, 6.45) is 0.612. The number of aldehydes is 1. The fourth-order valence-corrected chi connectivity index (χ4v) is 1.81. The summed E-state index contributed by atoms with van der Waals surface area (Å²) in [4.78, 5) is 19.6. The molecule has 0 spiro atoms. The van der Waals surface area contributed by atoms with Crippen molar-refractivity contribution >= 4 is 23.9 Å². The average molecular weight is 177 g/mol. The molecular weight excluding hydrogens is 168 g/mol. The molecule has 2 unspecified atom stereocenters. The van der Waals surface area contributed by atoms with Crippen LogP contribution in [-0.2, 0) is 9.59 Å². The molecule has 4 heteroatoms. The van der Waals surface area contributed by atoms with Crippen LogP contribution in [0.1, 0.15) is 13.8 Å². The Morgan fingerprint density at radius 1 is 1.64 bits per heavy atom. The van der Waals surface area contributed by atoms with Gasteiger partial charge in [-0.2, -0.15) is 0 Å². The van der Waals surface area contributed by atoms with E-state index < -0.39 is 22.2 Å². The van der Waals surface area contributed by atoms with Crippen molar-refractivity contribution < 1.29 is 14.7 Å². The Kier molecular flexibility index (Phi) is 1.53. The predicted molar refractivity (Wildman–Crippen MR) is 39.6 cm³/mol.